The summed E-state index contributed by atoms with van der Waals surface area (Å²) in [5.74, 6) is 5.61. The van der Waals surface area contributed by atoms with Crippen molar-refractivity contribution < 1.29 is 14.6 Å². The van der Waals surface area contributed by atoms with Crippen molar-refractivity contribution in [2.45, 2.75) is 45.3 Å². The van der Waals surface area contributed by atoms with Crippen molar-refractivity contribution in [3.05, 3.63) is 19.3 Å². The monoisotopic (exact) mass is 223 g/mol. The molecular weight excluding hydrogens is 204 g/mol. The Morgan fingerprint density at radius 1 is 1.44 bits per heavy atom. The highest BCUT2D eigenvalue weighted by Crippen LogP contribution is 2.02. The molecule has 0 amide bonds. The second-order valence-corrected chi connectivity index (χ2v) is 3.38. The van der Waals surface area contributed by atoms with Crippen LogP contribution < -0.4 is 0 Å². The maximum absolute atomic E-state index is 9.98. The van der Waals surface area contributed by atoms with Crippen LogP contribution in [0.4, 0.5) is 0 Å². The van der Waals surface area contributed by atoms with Crippen LogP contribution in [0.25, 0.3) is 0 Å². The van der Waals surface area contributed by atoms with Crippen LogP contribution in [0, 0.1) is 31.1 Å². The molecule has 0 aromatic carbocycles. The molecule has 89 valence electrons. The van der Waals surface area contributed by atoms with Crippen molar-refractivity contribution in [3.63, 3.8) is 0 Å². The van der Waals surface area contributed by atoms with Gasteiger partial charge in [0.1, 0.15) is 12.2 Å². The van der Waals surface area contributed by atoms with Gasteiger partial charge in [0.15, 0.2) is 0 Å². The fraction of sp³-hybridized carbons (Fsp3) is 0.538. The van der Waals surface area contributed by atoms with Crippen LogP contribution in [-0.2, 0) is 9.53 Å². The zero-order valence-electron chi connectivity index (χ0n) is 9.85. The molecule has 0 saturated heterocycles. The zero-order valence-corrected chi connectivity index (χ0v) is 9.85. The Labute approximate surface area is 98.2 Å². The Bertz CT molecular complexity index is 227. The molecule has 16 heavy (non-hydrogen) atoms. The maximum Gasteiger partial charge on any atom is 0.293 e. The normalized spacial score (nSPS) is 13.4. The summed E-state index contributed by atoms with van der Waals surface area (Å²) in [5, 5.41) is 9.40. The van der Waals surface area contributed by atoms with Gasteiger partial charge >= 0.3 is 0 Å². The zero-order chi connectivity index (χ0) is 12.2. The molecule has 0 saturated carbocycles. The number of carbonyl (C=O) groups is 1. The molecule has 0 fully saturated rings. The van der Waals surface area contributed by atoms with Gasteiger partial charge in [0.25, 0.3) is 6.47 Å². The molecule has 0 spiro atoms. The standard InChI is InChI=1S/C13H19O3/c1-3-4-5-6-9-13(15)10-7-8-12(2)16-11-14/h7-8,10-13,15H,3-5H2,1-2H3/t12-,13-/m0/s1. The number of unbranched alkanes of at least 4 members (excludes halogenated alkanes) is 2. The van der Waals surface area contributed by atoms with Crippen LogP contribution >= 0.6 is 0 Å². The van der Waals surface area contributed by atoms with Crippen molar-refractivity contribution in [3.8, 4) is 11.8 Å². The van der Waals surface area contributed by atoms with E-state index in [1.807, 2.05) is 0 Å². The van der Waals surface area contributed by atoms with Gasteiger partial charge < -0.3 is 9.84 Å². The lowest BCUT2D eigenvalue weighted by atomic mass is 10.1. The van der Waals surface area contributed by atoms with E-state index in [0.29, 0.717) is 6.47 Å². The summed E-state index contributed by atoms with van der Waals surface area (Å²) in [7, 11) is 0. The number of aliphatic hydroxyl groups excluding tert-OH is 1. The molecule has 2 atom stereocenters. The van der Waals surface area contributed by atoms with Gasteiger partial charge in [0, 0.05) is 19.3 Å². The number of hydrogen-bond donors (Lipinski definition) is 1. The van der Waals surface area contributed by atoms with E-state index in [4.69, 9.17) is 0 Å². The first-order valence-corrected chi connectivity index (χ1v) is 5.48. The van der Waals surface area contributed by atoms with E-state index in [-0.39, 0.29) is 6.10 Å². The second kappa shape index (κ2) is 10.5. The minimum atomic E-state index is -0.753. The smallest absolute Gasteiger partial charge is 0.293 e. The van der Waals surface area contributed by atoms with E-state index in [1.54, 1.807) is 26.2 Å². The molecule has 3 nitrogen and oxygen atoms in total. The number of ether oxygens (including phenoxy) is 1. The van der Waals surface area contributed by atoms with Crippen LogP contribution in [0.2, 0.25) is 0 Å². The first kappa shape index (κ1) is 15.0. The second-order valence-electron chi connectivity index (χ2n) is 3.38. The molecule has 0 aliphatic rings. The van der Waals surface area contributed by atoms with Gasteiger partial charge in [-0.25, -0.2) is 0 Å². The Morgan fingerprint density at radius 2 is 2.19 bits per heavy atom. The van der Waals surface area contributed by atoms with Crippen molar-refractivity contribution >= 4 is 6.47 Å². The molecule has 0 unspecified atom stereocenters. The van der Waals surface area contributed by atoms with Crippen LogP contribution in [0.3, 0.4) is 0 Å². The third-order valence-corrected chi connectivity index (χ3v) is 1.85. The fourth-order valence-corrected chi connectivity index (χ4v) is 0.949. The van der Waals surface area contributed by atoms with Crippen molar-refractivity contribution in [1.82, 2.24) is 0 Å². The van der Waals surface area contributed by atoms with Crippen molar-refractivity contribution in [2.75, 3.05) is 0 Å². The fourth-order valence-electron chi connectivity index (χ4n) is 0.949. The third-order valence-electron chi connectivity index (χ3n) is 1.85. The van der Waals surface area contributed by atoms with Crippen LogP contribution in [-0.4, -0.2) is 23.8 Å². The number of rotatable bonds is 8. The predicted octanol–water partition coefficient (Wildman–Crippen LogP) is 1.72. The van der Waals surface area contributed by atoms with Gasteiger partial charge in [0.2, 0.25) is 0 Å². The first-order valence-electron chi connectivity index (χ1n) is 5.48. The van der Waals surface area contributed by atoms with E-state index in [2.05, 4.69) is 23.5 Å². The summed E-state index contributed by atoms with van der Waals surface area (Å²) in [5.41, 5.74) is 0. The summed E-state index contributed by atoms with van der Waals surface area (Å²) in [6.07, 6.45) is 6.82. The van der Waals surface area contributed by atoms with E-state index in [0.717, 1.165) is 19.3 Å². The van der Waals surface area contributed by atoms with E-state index in [1.165, 1.54) is 0 Å². The lowest BCUT2D eigenvalue weighted by Gasteiger charge is -2.08. The van der Waals surface area contributed by atoms with Gasteiger partial charge in [-0.3, -0.25) is 4.79 Å². The van der Waals surface area contributed by atoms with E-state index >= 15 is 0 Å². The van der Waals surface area contributed by atoms with Gasteiger partial charge in [-0.1, -0.05) is 19.3 Å². The van der Waals surface area contributed by atoms with Crippen molar-refractivity contribution in [1.29, 1.82) is 0 Å². The molecule has 0 bridgehead atoms. The average Bonchev–Trinajstić information content (AvgIpc) is 2.25. The van der Waals surface area contributed by atoms with Gasteiger partial charge in [-0.2, -0.15) is 0 Å². The molecule has 0 aromatic heterocycles. The van der Waals surface area contributed by atoms with Crippen LogP contribution in [0.5, 0.6) is 0 Å². The van der Waals surface area contributed by atoms with Gasteiger partial charge in [-0.05, 0) is 19.8 Å². The number of hydrogen-bond acceptors (Lipinski definition) is 3. The summed E-state index contributed by atoms with van der Waals surface area (Å²) in [4.78, 5) is 9.98. The molecule has 1 N–H and O–H groups in total. The molecule has 0 aliphatic carbocycles. The topological polar surface area (TPSA) is 46.5 Å². The third kappa shape index (κ3) is 9.54. The van der Waals surface area contributed by atoms with E-state index in [9.17, 15) is 9.90 Å². The predicted molar refractivity (Wildman–Crippen MR) is 62.8 cm³/mol. The average molecular weight is 223 g/mol. The highest BCUT2D eigenvalue weighted by Gasteiger charge is 2.05. The lowest BCUT2D eigenvalue weighted by molar-refractivity contribution is -0.131. The molecule has 3 radical (unpaired) electrons. The molecule has 0 aromatic rings. The summed E-state index contributed by atoms with van der Waals surface area (Å²) < 4.78 is 4.63. The summed E-state index contributed by atoms with van der Waals surface area (Å²) >= 11 is 0. The highest BCUT2D eigenvalue weighted by atomic mass is 16.5. The molecule has 0 rings (SSSR count). The maximum atomic E-state index is 9.98. The SMILES string of the molecule is CCCCC#C[C@H](O)[CH][CH][CH][C@H](C)OC=O. The Balaban J connectivity index is 3.51. The van der Waals surface area contributed by atoms with Crippen molar-refractivity contribution in [2.24, 2.45) is 0 Å². The summed E-state index contributed by atoms with van der Waals surface area (Å²) in [6, 6.07) is 0. The molecular formula is C13H19O3. The minimum absolute atomic E-state index is 0.283. The first-order chi connectivity index (χ1) is 7.70. The molecule has 0 aliphatic heterocycles. The highest BCUT2D eigenvalue weighted by molar-refractivity contribution is 5.37. The minimum Gasteiger partial charge on any atom is -0.465 e. The summed E-state index contributed by atoms with van der Waals surface area (Å²) in [6.45, 7) is 4.23. The van der Waals surface area contributed by atoms with Gasteiger partial charge in [0.05, 0.1) is 0 Å². The Hall–Kier alpha value is -1.01. The Kier molecular flexibility index (Phi) is 9.84. The lowest BCUT2D eigenvalue weighted by Crippen LogP contribution is -2.11. The van der Waals surface area contributed by atoms with E-state index < -0.39 is 6.10 Å². The quantitative estimate of drug-likeness (QED) is 0.387. The molecule has 0 heterocycles. The Morgan fingerprint density at radius 3 is 2.81 bits per heavy atom. The van der Waals surface area contributed by atoms with Gasteiger partial charge in [-0.15, -0.1) is 5.92 Å². The van der Waals surface area contributed by atoms with Crippen LogP contribution in [0.1, 0.15) is 33.1 Å². The number of aliphatic hydroxyl groups is 1. The van der Waals surface area contributed by atoms with Crippen LogP contribution in [0.15, 0.2) is 0 Å². The number of carbonyl (C=O) groups excluding carboxylic acids is 1. The molecule has 3 heteroatoms. The largest absolute Gasteiger partial charge is 0.465 e.